The first-order valence-corrected chi connectivity index (χ1v) is 3.40. The fraction of sp³-hybridized carbons (Fsp3) is 0. The molecule has 0 fully saturated rings. The number of hydrogen-bond acceptors (Lipinski definition) is 4. The normalized spacial score (nSPS) is 10.3. The molecular weight excluding hydrogens is 154 g/mol. The molecule has 2 aromatic rings. The lowest BCUT2D eigenvalue weighted by molar-refractivity contribution is 0.890. The highest BCUT2D eigenvalue weighted by atomic mass is 15.3. The highest BCUT2D eigenvalue weighted by Crippen LogP contribution is 2.06. The van der Waals surface area contributed by atoms with Crippen LogP contribution in [0.25, 0.3) is 11.7 Å². The van der Waals surface area contributed by atoms with Crippen molar-refractivity contribution in [3.05, 3.63) is 24.8 Å². The Morgan fingerprint density at radius 1 is 1.58 bits per heavy atom. The topological polar surface area (TPSA) is 69.1 Å². The second-order valence-electron chi connectivity index (χ2n) is 2.25. The molecule has 2 N–H and O–H groups in total. The molecule has 0 saturated carbocycles. The lowest BCUT2D eigenvalue weighted by atomic mass is 10.5. The largest absolute Gasteiger partial charge is 0.380 e. The summed E-state index contributed by atoms with van der Waals surface area (Å²) in [6.07, 6.45) is 4.86. The van der Waals surface area contributed by atoms with Crippen LogP contribution in [0.5, 0.6) is 0 Å². The molecule has 0 spiro atoms. The predicted molar refractivity (Wildman–Crippen MR) is 45.3 cm³/mol. The van der Waals surface area contributed by atoms with Gasteiger partial charge in [0.2, 0.25) is 0 Å². The summed E-state index contributed by atoms with van der Waals surface area (Å²) in [6, 6.07) is 0. The average Bonchev–Trinajstić information content (AvgIpc) is 2.52. The van der Waals surface area contributed by atoms with Crippen LogP contribution >= 0.6 is 0 Å². The van der Waals surface area contributed by atoms with Crippen LogP contribution in [-0.4, -0.2) is 19.6 Å². The molecule has 0 atom stereocenters. The zero-order chi connectivity index (χ0) is 8.55. The highest BCUT2D eigenvalue weighted by molar-refractivity contribution is 5.59. The lowest BCUT2D eigenvalue weighted by Gasteiger charge is -1.97. The van der Waals surface area contributed by atoms with Crippen LogP contribution in [0.3, 0.4) is 0 Å². The number of imidazole rings is 1. The van der Waals surface area contributed by atoms with Crippen LogP contribution < -0.4 is 5.73 Å². The third-order valence-corrected chi connectivity index (χ3v) is 1.48. The number of nitrogens with two attached hydrogens (primary N) is 1. The summed E-state index contributed by atoms with van der Waals surface area (Å²) in [4.78, 5) is 7.93. The third-order valence-electron chi connectivity index (χ3n) is 1.48. The van der Waals surface area contributed by atoms with Gasteiger partial charge in [0.25, 0.3) is 0 Å². The van der Waals surface area contributed by atoms with Crippen LogP contribution in [0.2, 0.25) is 0 Å². The summed E-state index contributed by atoms with van der Waals surface area (Å²) in [5.41, 5.74) is 6.16. The number of aromatic nitrogens is 4. The second-order valence-corrected chi connectivity index (χ2v) is 2.25. The molecular formula is C7H7N5. The maximum atomic E-state index is 5.59. The van der Waals surface area contributed by atoms with E-state index < -0.39 is 0 Å². The fourth-order valence-corrected chi connectivity index (χ4v) is 0.954. The maximum Gasteiger partial charge on any atom is 0.196 e. The van der Waals surface area contributed by atoms with Gasteiger partial charge in [0.05, 0.1) is 0 Å². The molecule has 0 unspecified atom stereocenters. The van der Waals surface area contributed by atoms with E-state index in [-0.39, 0.29) is 0 Å². The number of anilines is 1. The maximum absolute atomic E-state index is 5.59. The lowest BCUT2D eigenvalue weighted by Crippen LogP contribution is -2.02. The van der Waals surface area contributed by atoms with Crippen molar-refractivity contribution < 1.29 is 0 Å². The molecule has 12 heavy (non-hydrogen) atoms. The number of hydrogen-bond donors (Lipinski definition) is 1. The first kappa shape index (κ1) is 6.78. The molecule has 5 heteroatoms. The second kappa shape index (κ2) is 2.30. The molecule has 0 saturated heterocycles. The van der Waals surface area contributed by atoms with E-state index in [9.17, 15) is 0 Å². The molecule has 0 amide bonds. The molecule has 0 aromatic carbocycles. The summed E-state index contributed by atoms with van der Waals surface area (Å²) in [5.74, 6) is 0.864. The molecule has 5 nitrogen and oxygen atoms in total. The molecule has 60 valence electrons. The van der Waals surface area contributed by atoms with Gasteiger partial charge in [-0.05, 0) is 6.08 Å². The Hall–Kier alpha value is -1.91. The summed E-state index contributed by atoms with van der Waals surface area (Å²) < 4.78 is 1.57. The van der Waals surface area contributed by atoms with E-state index in [1.165, 1.54) is 6.08 Å². The summed E-state index contributed by atoms with van der Waals surface area (Å²) in [5, 5.41) is 4.06. The fourth-order valence-electron chi connectivity index (χ4n) is 0.954. The number of rotatable bonds is 1. The zero-order valence-corrected chi connectivity index (χ0v) is 6.31. The van der Waals surface area contributed by atoms with E-state index >= 15 is 0 Å². The van der Waals surface area contributed by atoms with E-state index in [0.29, 0.717) is 17.3 Å². The van der Waals surface area contributed by atoms with Gasteiger partial charge < -0.3 is 5.73 Å². The van der Waals surface area contributed by atoms with Gasteiger partial charge in [-0.2, -0.15) is 0 Å². The van der Waals surface area contributed by atoms with Crippen LogP contribution in [0.1, 0.15) is 5.82 Å². The monoisotopic (exact) mass is 161 g/mol. The summed E-state index contributed by atoms with van der Waals surface area (Å²) in [6.45, 7) is 3.55. The van der Waals surface area contributed by atoms with E-state index in [1.807, 2.05) is 0 Å². The molecule has 0 aliphatic heterocycles. The average molecular weight is 161 g/mol. The minimum atomic E-state index is 0.366. The molecule has 0 aliphatic rings. The van der Waals surface area contributed by atoms with Gasteiger partial charge in [0, 0.05) is 12.4 Å². The zero-order valence-electron chi connectivity index (χ0n) is 6.31. The molecule has 0 aliphatic carbocycles. The number of nitrogens with zero attached hydrogens (tertiary/aromatic N) is 4. The summed E-state index contributed by atoms with van der Waals surface area (Å²) in [7, 11) is 0. The van der Waals surface area contributed by atoms with Crippen molar-refractivity contribution in [1.82, 2.24) is 19.6 Å². The van der Waals surface area contributed by atoms with Crippen LogP contribution in [-0.2, 0) is 0 Å². The van der Waals surface area contributed by atoms with Crippen molar-refractivity contribution >= 4 is 17.5 Å². The smallest absolute Gasteiger partial charge is 0.196 e. The van der Waals surface area contributed by atoms with Gasteiger partial charge in [-0.1, -0.05) is 6.58 Å². The van der Waals surface area contributed by atoms with Crippen molar-refractivity contribution in [2.75, 3.05) is 5.73 Å². The Balaban J connectivity index is 2.83. The van der Waals surface area contributed by atoms with Crippen molar-refractivity contribution in [2.24, 2.45) is 0 Å². The van der Waals surface area contributed by atoms with Crippen LogP contribution in [0, 0.1) is 0 Å². The minimum absolute atomic E-state index is 0.366. The van der Waals surface area contributed by atoms with Crippen molar-refractivity contribution in [3.63, 3.8) is 0 Å². The van der Waals surface area contributed by atoms with Crippen molar-refractivity contribution in [3.8, 4) is 0 Å². The third kappa shape index (κ3) is 0.833. The van der Waals surface area contributed by atoms with Gasteiger partial charge >= 0.3 is 0 Å². The Labute approximate surface area is 68.6 Å². The SMILES string of the molecule is C=Cc1nc(N)c2nccn2n1. The Morgan fingerprint density at radius 2 is 2.42 bits per heavy atom. The standard InChI is InChI=1S/C7H7N5/c1-2-5-10-6(8)7-9-3-4-12(7)11-5/h2-4H,1H2,(H2,8,10,11). The molecule has 0 radical (unpaired) electrons. The van der Waals surface area contributed by atoms with Gasteiger partial charge in [-0.3, -0.25) is 0 Å². The van der Waals surface area contributed by atoms with Gasteiger partial charge in [0.15, 0.2) is 17.3 Å². The van der Waals surface area contributed by atoms with Crippen molar-refractivity contribution in [2.45, 2.75) is 0 Å². The molecule has 2 heterocycles. The molecule has 2 rings (SSSR count). The van der Waals surface area contributed by atoms with Crippen LogP contribution in [0.4, 0.5) is 5.82 Å². The Kier molecular flexibility index (Phi) is 1.30. The molecule has 0 bridgehead atoms. The first-order valence-electron chi connectivity index (χ1n) is 3.40. The minimum Gasteiger partial charge on any atom is -0.380 e. The Morgan fingerprint density at radius 3 is 3.17 bits per heavy atom. The highest BCUT2D eigenvalue weighted by Gasteiger charge is 2.02. The van der Waals surface area contributed by atoms with Gasteiger partial charge in [-0.15, -0.1) is 5.10 Å². The van der Waals surface area contributed by atoms with Crippen LogP contribution in [0.15, 0.2) is 19.0 Å². The van der Waals surface area contributed by atoms with E-state index in [2.05, 4.69) is 21.6 Å². The molecule has 2 aromatic heterocycles. The van der Waals surface area contributed by atoms with Gasteiger partial charge in [-0.25, -0.2) is 14.5 Å². The van der Waals surface area contributed by atoms with Gasteiger partial charge in [0.1, 0.15) is 0 Å². The number of fused-ring (bicyclic) bond motifs is 1. The van der Waals surface area contributed by atoms with E-state index in [4.69, 9.17) is 5.73 Å². The van der Waals surface area contributed by atoms with E-state index in [0.717, 1.165) is 0 Å². The van der Waals surface area contributed by atoms with Crippen molar-refractivity contribution in [1.29, 1.82) is 0 Å². The summed E-state index contributed by atoms with van der Waals surface area (Å²) >= 11 is 0. The Bertz CT molecular complexity index is 430. The van der Waals surface area contributed by atoms with E-state index in [1.54, 1.807) is 16.9 Å². The first-order chi connectivity index (χ1) is 5.81. The number of nitrogen functional groups attached to an aromatic ring is 1. The predicted octanol–water partition coefficient (Wildman–Crippen LogP) is 0.350. The quantitative estimate of drug-likeness (QED) is 0.655.